The Hall–Kier alpha value is -0.330. The monoisotopic (exact) mass is 140 g/mol. The zero-order valence-electron chi connectivity index (χ0n) is 6.68. The Morgan fingerprint density at radius 2 is 1.90 bits per heavy atom. The summed E-state index contributed by atoms with van der Waals surface area (Å²) in [6, 6.07) is 0. The van der Waals surface area contributed by atoms with Crippen LogP contribution in [-0.4, -0.2) is 6.29 Å². The second-order valence-corrected chi connectivity index (χ2v) is 3.33. The van der Waals surface area contributed by atoms with E-state index in [-0.39, 0.29) is 0 Å². The molecule has 1 heteroatoms. The topological polar surface area (TPSA) is 17.1 Å². The zero-order valence-corrected chi connectivity index (χ0v) is 6.68. The first-order chi connectivity index (χ1) is 4.86. The third-order valence-corrected chi connectivity index (χ3v) is 2.66. The van der Waals surface area contributed by atoms with E-state index in [4.69, 9.17) is 0 Å². The van der Waals surface area contributed by atoms with Gasteiger partial charge in [0, 0.05) is 5.92 Å². The van der Waals surface area contributed by atoms with Crippen molar-refractivity contribution >= 4 is 6.29 Å². The van der Waals surface area contributed by atoms with E-state index in [0.717, 1.165) is 25.0 Å². The molecule has 10 heavy (non-hydrogen) atoms. The van der Waals surface area contributed by atoms with Crippen LogP contribution in [0.5, 0.6) is 0 Å². The van der Waals surface area contributed by atoms with Gasteiger partial charge in [0.2, 0.25) is 0 Å². The van der Waals surface area contributed by atoms with E-state index in [1.807, 2.05) is 0 Å². The molecule has 1 nitrogen and oxygen atoms in total. The molecule has 1 aliphatic rings. The molecule has 0 atom stereocenters. The Balaban J connectivity index is 2.23. The fourth-order valence-corrected chi connectivity index (χ4v) is 1.73. The lowest BCUT2D eigenvalue weighted by atomic mass is 9.82. The van der Waals surface area contributed by atoms with Crippen LogP contribution in [0.3, 0.4) is 0 Å². The number of carbonyl (C=O) groups is 1. The first-order valence-electron chi connectivity index (χ1n) is 4.32. The van der Waals surface area contributed by atoms with Gasteiger partial charge in [0.15, 0.2) is 0 Å². The largest absolute Gasteiger partial charge is 0.303 e. The predicted octanol–water partition coefficient (Wildman–Crippen LogP) is 2.40. The lowest BCUT2D eigenvalue weighted by molar-refractivity contribution is -0.112. The highest BCUT2D eigenvalue weighted by atomic mass is 16.1. The standard InChI is InChI=1S/C9H16O/c1-2-8-3-5-9(7-10)6-4-8/h7-9H,2-6H2,1H3/t8-,9-. The van der Waals surface area contributed by atoms with E-state index in [1.54, 1.807) is 0 Å². The van der Waals surface area contributed by atoms with E-state index < -0.39 is 0 Å². The third-order valence-electron chi connectivity index (χ3n) is 2.66. The van der Waals surface area contributed by atoms with Crippen molar-refractivity contribution in [1.29, 1.82) is 0 Å². The van der Waals surface area contributed by atoms with Gasteiger partial charge in [-0.25, -0.2) is 0 Å². The molecule has 0 radical (unpaired) electrons. The van der Waals surface area contributed by atoms with E-state index >= 15 is 0 Å². The molecule has 0 saturated heterocycles. The molecule has 1 aliphatic carbocycles. The highest BCUT2D eigenvalue weighted by molar-refractivity contribution is 5.53. The molecule has 0 bridgehead atoms. The first kappa shape index (κ1) is 7.77. The summed E-state index contributed by atoms with van der Waals surface area (Å²) in [6.07, 6.45) is 7.27. The van der Waals surface area contributed by atoms with Gasteiger partial charge < -0.3 is 4.79 Å². The van der Waals surface area contributed by atoms with Crippen molar-refractivity contribution in [2.24, 2.45) is 11.8 Å². The van der Waals surface area contributed by atoms with E-state index in [0.29, 0.717) is 5.92 Å². The molecular formula is C9H16O. The molecule has 0 aromatic carbocycles. The fraction of sp³-hybridized carbons (Fsp3) is 0.889. The lowest BCUT2D eigenvalue weighted by Gasteiger charge is -2.23. The molecule has 0 aromatic heterocycles. The van der Waals surface area contributed by atoms with Gasteiger partial charge in [-0.2, -0.15) is 0 Å². The molecule has 0 heterocycles. The number of hydrogen-bond donors (Lipinski definition) is 0. The fourth-order valence-electron chi connectivity index (χ4n) is 1.73. The van der Waals surface area contributed by atoms with Crippen LogP contribution in [0.15, 0.2) is 0 Å². The molecule has 0 N–H and O–H groups in total. The summed E-state index contributed by atoms with van der Waals surface area (Å²) >= 11 is 0. The summed E-state index contributed by atoms with van der Waals surface area (Å²) in [4.78, 5) is 10.4. The second-order valence-electron chi connectivity index (χ2n) is 3.33. The van der Waals surface area contributed by atoms with E-state index in [9.17, 15) is 4.79 Å². The van der Waals surface area contributed by atoms with Crippen LogP contribution in [0.2, 0.25) is 0 Å². The Morgan fingerprint density at radius 1 is 1.30 bits per heavy atom. The smallest absolute Gasteiger partial charge is 0.123 e. The van der Waals surface area contributed by atoms with Gasteiger partial charge >= 0.3 is 0 Å². The van der Waals surface area contributed by atoms with Crippen LogP contribution in [0.1, 0.15) is 39.0 Å². The van der Waals surface area contributed by atoms with Crippen molar-refractivity contribution in [3.8, 4) is 0 Å². The lowest BCUT2D eigenvalue weighted by Crippen LogP contribution is -2.14. The molecule has 58 valence electrons. The van der Waals surface area contributed by atoms with Gasteiger partial charge in [-0.05, 0) is 31.6 Å². The minimum Gasteiger partial charge on any atom is -0.303 e. The number of hydrogen-bond acceptors (Lipinski definition) is 1. The van der Waals surface area contributed by atoms with Gasteiger partial charge in [-0.3, -0.25) is 0 Å². The normalized spacial score (nSPS) is 33.7. The molecule has 1 saturated carbocycles. The third kappa shape index (κ3) is 1.83. The molecular weight excluding hydrogens is 124 g/mol. The average molecular weight is 140 g/mol. The van der Waals surface area contributed by atoms with Crippen LogP contribution in [0.4, 0.5) is 0 Å². The van der Waals surface area contributed by atoms with E-state index in [2.05, 4.69) is 6.92 Å². The molecule has 0 spiro atoms. The van der Waals surface area contributed by atoms with Crippen LogP contribution in [0.25, 0.3) is 0 Å². The molecule has 0 aliphatic heterocycles. The van der Waals surface area contributed by atoms with Crippen molar-refractivity contribution in [1.82, 2.24) is 0 Å². The van der Waals surface area contributed by atoms with Crippen LogP contribution < -0.4 is 0 Å². The zero-order chi connectivity index (χ0) is 7.40. The highest BCUT2D eigenvalue weighted by Gasteiger charge is 2.18. The van der Waals surface area contributed by atoms with E-state index in [1.165, 1.54) is 19.3 Å². The molecule has 0 unspecified atom stereocenters. The highest BCUT2D eigenvalue weighted by Crippen LogP contribution is 2.29. The first-order valence-corrected chi connectivity index (χ1v) is 4.32. The summed E-state index contributed by atoms with van der Waals surface area (Å²) in [7, 11) is 0. The Bertz CT molecular complexity index is 101. The number of carbonyl (C=O) groups excluding carboxylic acids is 1. The van der Waals surface area contributed by atoms with Crippen molar-refractivity contribution in [3.05, 3.63) is 0 Å². The second kappa shape index (κ2) is 3.75. The maximum absolute atomic E-state index is 10.4. The van der Waals surface area contributed by atoms with Crippen LogP contribution in [-0.2, 0) is 4.79 Å². The maximum Gasteiger partial charge on any atom is 0.123 e. The van der Waals surface area contributed by atoms with Gasteiger partial charge in [-0.15, -0.1) is 0 Å². The molecule has 0 aromatic rings. The van der Waals surface area contributed by atoms with Gasteiger partial charge in [0.1, 0.15) is 6.29 Å². The van der Waals surface area contributed by atoms with Crippen molar-refractivity contribution in [3.63, 3.8) is 0 Å². The quantitative estimate of drug-likeness (QED) is 0.538. The SMILES string of the molecule is CC[C@H]1CC[C@H](C=O)CC1. The minimum absolute atomic E-state index is 0.391. The molecule has 1 fully saturated rings. The Kier molecular flexibility index (Phi) is 2.91. The van der Waals surface area contributed by atoms with Crippen molar-refractivity contribution < 1.29 is 4.79 Å². The van der Waals surface area contributed by atoms with Gasteiger partial charge in [0.05, 0.1) is 0 Å². The van der Waals surface area contributed by atoms with Crippen LogP contribution in [0, 0.1) is 11.8 Å². The van der Waals surface area contributed by atoms with Crippen molar-refractivity contribution in [2.75, 3.05) is 0 Å². The summed E-state index contributed by atoms with van der Waals surface area (Å²) in [6.45, 7) is 2.24. The van der Waals surface area contributed by atoms with Gasteiger partial charge in [-0.1, -0.05) is 13.3 Å². The number of aldehydes is 1. The molecule has 1 rings (SSSR count). The summed E-state index contributed by atoms with van der Waals surface area (Å²) in [5.41, 5.74) is 0. The Morgan fingerprint density at radius 3 is 2.30 bits per heavy atom. The molecule has 0 amide bonds. The number of rotatable bonds is 2. The van der Waals surface area contributed by atoms with Crippen molar-refractivity contribution in [2.45, 2.75) is 39.0 Å². The summed E-state index contributed by atoms with van der Waals surface area (Å²) in [5, 5.41) is 0. The minimum atomic E-state index is 0.391. The summed E-state index contributed by atoms with van der Waals surface area (Å²) in [5.74, 6) is 1.30. The van der Waals surface area contributed by atoms with Crippen LogP contribution >= 0.6 is 0 Å². The Labute approximate surface area is 62.8 Å². The maximum atomic E-state index is 10.4. The average Bonchev–Trinajstić information content (AvgIpc) is 2.05. The summed E-state index contributed by atoms with van der Waals surface area (Å²) < 4.78 is 0. The van der Waals surface area contributed by atoms with Gasteiger partial charge in [0.25, 0.3) is 0 Å². The predicted molar refractivity (Wildman–Crippen MR) is 41.8 cm³/mol.